The van der Waals surface area contributed by atoms with Gasteiger partial charge in [-0.1, -0.05) is 41.9 Å². The average Bonchev–Trinajstić information content (AvgIpc) is 2.75. The topological polar surface area (TPSA) is 36.3 Å². The van der Waals surface area contributed by atoms with Gasteiger partial charge in [0.25, 0.3) is 0 Å². The monoisotopic (exact) mass is 508 g/mol. The lowest BCUT2D eigenvalue weighted by atomic mass is 9.70. The molecule has 0 unspecified atom stereocenters. The minimum Gasteiger partial charge on any atom is -0.494 e. The Balaban J connectivity index is 1.72. The zero-order valence-electron chi connectivity index (χ0n) is 18.4. The lowest BCUT2D eigenvalue weighted by Gasteiger charge is -2.45. The predicted molar refractivity (Wildman–Crippen MR) is 124 cm³/mol. The van der Waals surface area contributed by atoms with Crippen LogP contribution in [0.4, 0.5) is 18.9 Å². The molecule has 0 N–H and O–H groups in total. The molecule has 3 nitrogen and oxygen atoms in total. The van der Waals surface area contributed by atoms with E-state index in [1.807, 2.05) is 17.0 Å². The number of benzene rings is 2. The van der Waals surface area contributed by atoms with Gasteiger partial charge in [0, 0.05) is 24.1 Å². The molecule has 0 radical (unpaired) electrons. The molecule has 0 aliphatic carbocycles. The first-order chi connectivity index (χ1) is 15.2. The first kappa shape index (κ1) is 24.4. The number of rotatable bonds is 7. The van der Waals surface area contributed by atoms with E-state index in [1.165, 1.54) is 11.6 Å². The van der Waals surface area contributed by atoms with E-state index in [0.29, 0.717) is 31.3 Å². The number of nitriles is 1. The molecule has 7 heteroatoms. The van der Waals surface area contributed by atoms with Crippen LogP contribution in [0.25, 0.3) is 0 Å². The van der Waals surface area contributed by atoms with Crippen molar-refractivity contribution in [3.05, 3.63) is 59.2 Å². The van der Waals surface area contributed by atoms with E-state index >= 15 is 0 Å². The largest absolute Gasteiger partial charge is 0.494 e. The molecule has 0 amide bonds. The van der Waals surface area contributed by atoms with Crippen molar-refractivity contribution in [2.45, 2.75) is 45.2 Å². The molecule has 3 rings (SSSR count). The van der Waals surface area contributed by atoms with Gasteiger partial charge in [-0.2, -0.15) is 18.4 Å². The zero-order chi connectivity index (χ0) is 23.4. The standard InChI is InChI=1S/C25H28BrF3N2O/c1-24(2)17-31(20-8-5-19(16-30)23(15-20)25(27,28)29)13-11-22(24)18-6-9-21(10-7-18)32-14-4-3-12-26/h5-10,15,22H,3-4,11-14,17H2,1-2H3/t22-/m0/s1. The number of unbranched alkanes of at least 4 members (excludes halogenated alkanes) is 1. The molecule has 1 aliphatic rings. The molecule has 1 heterocycles. The van der Waals surface area contributed by atoms with Crippen LogP contribution < -0.4 is 9.64 Å². The van der Waals surface area contributed by atoms with E-state index in [0.717, 1.165) is 36.4 Å². The van der Waals surface area contributed by atoms with Crippen LogP contribution in [0.1, 0.15) is 55.7 Å². The molecule has 1 fully saturated rings. The minimum atomic E-state index is -4.55. The maximum Gasteiger partial charge on any atom is 0.417 e. The lowest BCUT2D eigenvalue weighted by molar-refractivity contribution is -0.137. The molecule has 2 aromatic rings. The van der Waals surface area contributed by atoms with Gasteiger partial charge in [0.05, 0.1) is 23.8 Å². The summed E-state index contributed by atoms with van der Waals surface area (Å²) in [5.74, 6) is 1.15. The molecule has 2 aromatic carbocycles. The van der Waals surface area contributed by atoms with Gasteiger partial charge in [-0.3, -0.25) is 0 Å². The summed E-state index contributed by atoms with van der Waals surface area (Å²) >= 11 is 3.42. The quantitative estimate of drug-likeness (QED) is 0.294. The molecule has 1 saturated heterocycles. The van der Waals surface area contributed by atoms with E-state index in [4.69, 9.17) is 10.00 Å². The Hall–Kier alpha value is -2.20. The smallest absolute Gasteiger partial charge is 0.417 e. The van der Waals surface area contributed by atoms with E-state index in [1.54, 1.807) is 12.1 Å². The van der Waals surface area contributed by atoms with Crippen LogP contribution in [0, 0.1) is 16.7 Å². The lowest BCUT2D eigenvalue weighted by Crippen LogP contribution is -2.44. The van der Waals surface area contributed by atoms with Gasteiger partial charge in [0.2, 0.25) is 0 Å². The third-order valence-corrected chi connectivity index (χ3v) is 6.66. The van der Waals surface area contributed by atoms with Crippen molar-refractivity contribution >= 4 is 21.6 Å². The van der Waals surface area contributed by atoms with Crippen LogP contribution in [0.2, 0.25) is 0 Å². The summed E-state index contributed by atoms with van der Waals surface area (Å²) < 4.78 is 45.9. The van der Waals surface area contributed by atoms with Crippen molar-refractivity contribution in [1.82, 2.24) is 0 Å². The fraction of sp³-hybridized carbons (Fsp3) is 0.480. The first-order valence-electron chi connectivity index (χ1n) is 10.8. The second-order valence-electron chi connectivity index (χ2n) is 8.90. The molecule has 1 aliphatic heterocycles. The Morgan fingerprint density at radius 2 is 1.88 bits per heavy atom. The molecule has 0 aromatic heterocycles. The number of hydrogen-bond acceptors (Lipinski definition) is 3. The Morgan fingerprint density at radius 3 is 2.47 bits per heavy atom. The normalized spacial score (nSPS) is 18.3. The van der Waals surface area contributed by atoms with Crippen molar-refractivity contribution in [3.8, 4) is 11.8 Å². The van der Waals surface area contributed by atoms with Gasteiger partial charge in [0.1, 0.15) is 5.75 Å². The van der Waals surface area contributed by atoms with Gasteiger partial charge < -0.3 is 9.64 Å². The van der Waals surface area contributed by atoms with Crippen LogP contribution >= 0.6 is 15.9 Å². The minimum absolute atomic E-state index is 0.136. The Bertz CT molecular complexity index is 951. The van der Waals surface area contributed by atoms with E-state index < -0.39 is 11.7 Å². The van der Waals surface area contributed by atoms with Crippen LogP contribution in [-0.2, 0) is 6.18 Å². The third kappa shape index (κ3) is 5.78. The zero-order valence-corrected chi connectivity index (χ0v) is 20.0. The summed E-state index contributed by atoms with van der Waals surface area (Å²) in [6.07, 6.45) is -1.63. The van der Waals surface area contributed by atoms with Crippen LogP contribution in [0.15, 0.2) is 42.5 Å². The average molecular weight is 509 g/mol. The summed E-state index contributed by atoms with van der Waals surface area (Å²) in [7, 11) is 0. The summed E-state index contributed by atoms with van der Waals surface area (Å²) in [4.78, 5) is 1.99. The molecule has 172 valence electrons. The highest BCUT2D eigenvalue weighted by atomic mass is 79.9. The second kappa shape index (κ2) is 10.2. The number of nitrogens with zero attached hydrogens (tertiary/aromatic N) is 2. The van der Waals surface area contributed by atoms with Crippen molar-refractivity contribution in [3.63, 3.8) is 0 Å². The number of ether oxygens (including phenoxy) is 1. The third-order valence-electron chi connectivity index (χ3n) is 6.10. The highest BCUT2D eigenvalue weighted by molar-refractivity contribution is 9.09. The summed E-state index contributed by atoms with van der Waals surface area (Å²) in [5, 5.41) is 10.0. The van der Waals surface area contributed by atoms with Crippen molar-refractivity contribution in [1.29, 1.82) is 5.26 Å². The molecule has 0 spiro atoms. The van der Waals surface area contributed by atoms with Gasteiger partial charge >= 0.3 is 6.18 Å². The number of piperidine rings is 1. The highest BCUT2D eigenvalue weighted by Gasteiger charge is 2.38. The fourth-order valence-electron chi connectivity index (χ4n) is 4.44. The van der Waals surface area contributed by atoms with Crippen LogP contribution in [-0.4, -0.2) is 25.0 Å². The maximum atomic E-state index is 13.4. The van der Waals surface area contributed by atoms with Crippen molar-refractivity contribution in [2.75, 3.05) is 29.9 Å². The molecule has 32 heavy (non-hydrogen) atoms. The van der Waals surface area contributed by atoms with Crippen molar-refractivity contribution in [2.24, 2.45) is 5.41 Å². The van der Waals surface area contributed by atoms with Crippen LogP contribution in [0.3, 0.4) is 0 Å². The van der Waals surface area contributed by atoms with Crippen LogP contribution in [0.5, 0.6) is 5.75 Å². The Kier molecular flexibility index (Phi) is 7.76. The number of halogens is 4. The molecule has 0 saturated carbocycles. The molecular formula is C25H28BrF3N2O. The summed E-state index contributed by atoms with van der Waals surface area (Å²) in [6, 6.07) is 13.9. The Morgan fingerprint density at radius 1 is 1.16 bits per heavy atom. The number of anilines is 1. The van der Waals surface area contributed by atoms with Gasteiger partial charge in [-0.25, -0.2) is 0 Å². The number of alkyl halides is 4. The maximum absolute atomic E-state index is 13.4. The molecule has 1 atom stereocenters. The first-order valence-corrected chi connectivity index (χ1v) is 11.9. The van der Waals surface area contributed by atoms with Gasteiger partial charge in [0.15, 0.2) is 0 Å². The van der Waals surface area contributed by atoms with E-state index in [-0.39, 0.29) is 11.0 Å². The van der Waals surface area contributed by atoms with Gasteiger partial charge in [-0.15, -0.1) is 0 Å². The van der Waals surface area contributed by atoms with Gasteiger partial charge in [-0.05, 0) is 66.5 Å². The van der Waals surface area contributed by atoms with E-state index in [9.17, 15) is 13.2 Å². The Labute approximate surface area is 196 Å². The highest BCUT2D eigenvalue weighted by Crippen LogP contribution is 2.44. The fourth-order valence-corrected chi connectivity index (χ4v) is 4.84. The van der Waals surface area contributed by atoms with E-state index in [2.05, 4.69) is 41.9 Å². The molecular weight excluding hydrogens is 481 g/mol. The second-order valence-corrected chi connectivity index (χ2v) is 9.70. The molecule has 0 bridgehead atoms. The summed E-state index contributed by atoms with van der Waals surface area (Å²) in [6.45, 7) is 6.29. The van der Waals surface area contributed by atoms with Crippen molar-refractivity contribution < 1.29 is 17.9 Å². The SMILES string of the molecule is CC1(C)CN(c2ccc(C#N)c(C(F)(F)F)c2)CC[C@H]1c1ccc(OCCCCBr)cc1. The number of hydrogen-bond donors (Lipinski definition) is 0. The summed E-state index contributed by atoms with van der Waals surface area (Å²) in [5.41, 5.74) is 0.380. The predicted octanol–water partition coefficient (Wildman–Crippen LogP) is 7.15.